The molecule has 2 unspecified atom stereocenters. The fourth-order valence-corrected chi connectivity index (χ4v) is 5.35. The van der Waals surface area contributed by atoms with Gasteiger partial charge in [0.05, 0.1) is 34.4 Å². The van der Waals surface area contributed by atoms with Crippen molar-refractivity contribution in [1.82, 2.24) is 0 Å². The lowest BCUT2D eigenvalue weighted by Crippen LogP contribution is -2.40. The normalized spacial score (nSPS) is 13.5. The van der Waals surface area contributed by atoms with E-state index < -0.39 is 24.3 Å². The Labute approximate surface area is 323 Å². The van der Waals surface area contributed by atoms with Crippen molar-refractivity contribution in [2.24, 2.45) is 0 Å². The topological polar surface area (TPSA) is 108 Å². The van der Waals surface area contributed by atoms with Crippen LogP contribution in [-0.4, -0.2) is 87.4 Å². The molecule has 1 N–H and O–H groups in total. The van der Waals surface area contributed by atoms with Crippen LogP contribution in [0, 0.1) is 0 Å². The fraction of sp³-hybridized carbons (Fsp3) is 0.750. The number of allylic oxidation sites excluding steroid dienone is 8. The minimum Gasteiger partial charge on any atom is -0.477 e. The Kier molecular flexibility index (Phi) is 34.4. The maximum Gasteiger partial charge on any atom is 0.361 e. The molecule has 0 bridgehead atoms. The van der Waals surface area contributed by atoms with Gasteiger partial charge in [-0.2, -0.15) is 0 Å². The highest BCUT2D eigenvalue weighted by Crippen LogP contribution is 2.13. The van der Waals surface area contributed by atoms with E-state index in [-0.39, 0.29) is 32.2 Å². The van der Waals surface area contributed by atoms with E-state index in [4.69, 9.17) is 18.9 Å². The van der Waals surface area contributed by atoms with Crippen LogP contribution in [0.3, 0.4) is 0 Å². The lowest BCUT2D eigenvalue weighted by atomic mass is 10.1. The van der Waals surface area contributed by atoms with Gasteiger partial charge in [0.1, 0.15) is 13.2 Å². The second-order valence-corrected chi connectivity index (χ2v) is 14.9. The summed E-state index contributed by atoms with van der Waals surface area (Å²) in [5, 5.41) is 9.60. The minimum atomic E-state index is -1.51. The summed E-state index contributed by atoms with van der Waals surface area (Å²) in [6.45, 7) is 4.70. The highest BCUT2D eigenvalue weighted by molar-refractivity contribution is 5.71. The number of rotatable bonds is 37. The number of aliphatic carboxylic acids is 1. The van der Waals surface area contributed by atoms with Gasteiger partial charge in [-0.05, 0) is 51.4 Å². The summed E-state index contributed by atoms with van der Waals surface area (Å²) in [4.78, 5) is 37.0. The summed E-state index contributed by atoms with van der Waals surface area (Å²) in [6, 6.07) is 0. The van der Waals surface area contributed by atoms with Crippen molar-refractivity contribution in [2.45, 2.75) is 167 Å². The van der Waals surface area contributed by atoms with E-state index in [1.807, 2.05) is 21.1 Å². The number of likely N-dealkylation sites (N-methyl/N-ethyl adjacent to an activating group) is 1. The van der Waals surface area contributed by atoms with Crippen LogP contribution in [-0.2, 0) is 33.3 Å². The van der Waals surface area contributed by atoms with E-state index in [2.05, 4.69) is 62.5 Å². The molecule has 9 heteroatoms. The van der Waals surface area contributed by atoms with Gasteiger partial charge in [0, 0.05) is 12.8 Å². The smallest absolute Gasteiger partial charge is 0.361 e. The Bertz CT molecular complexity index is 1010. The molecule has 0 fully saturated rings. The van der Waals surface area contributed by atoms with Crippen molar-refractivity contribution in [3.05, 3.63) is 48.6 Å². The molecule has 9 nitrogen and oxygen atoms in total. The van der Waals surface area contributed by atoms with Crippen molar-refractivity contribution in [1.29, 1.82) is 0 Å². The molecule has 0 aromatic heterocycles. The van der Waals surface area contributed by atoms with Gasteiger partial charge < -0.3 is 28.5 Å². The van der Waals surface area contributed by atoms with Gasteiger partial charge >= 0.3 is 17.9 Å². The van der Waals surface area contributed by atoms with Crippen LogP contribution >= 0.6 is 0 Å². The largest absolute Gasteiger partial charge is 0.477 e. The predicted molar refractivity (Wildman–Crippen MR) is 217 cm³/mol. The van der Waals surface area contributed by atoms with Crippen LogP contribution in [0.5, 0.6) is 0 Å². The number of hydrogen-bond donors (Lipinski definition) is 1. The van der Waals surface area contributed by atoms with Gasteiger partial charge in [-0.15, -0.1) is 0 Å². The van der Waals surface area contributed by atoms with Gasteiger partial charge in [-0.3, -0.25) is 9.59 Å². The predicted octanol–water partition coefficient (Wildman–Crippen LogP) is 10.4. The number of carbonyl (C=O) groups excluding carboxylic acids is 2. The van der Waals surface area contributed by atoms with Crippen molar-refractivity contribution in [2.75, 3.05) is 47.5 Å². The molecule has 0 saturated heterocycles. The van der Waals surface area contributed by atoms with E-state index in [0.29, 0.717) is 23.9 Å². The van der Waals surface area contributed by atoms with Gasteiger partial charge in [0.15, 0.2) is 6.10 Å². The van der Waals surface area contributed by atoms with Crippen LogP contribution in [0.25, 0.3) is 0 Å². The molecule has 2 atom stereocenters. The first-order valence-corrected chi connectivity index (χ1v) is 20.8. The number of unbranched alkanes of at least 4 members (excludes halogenated alkanes) is 14. The van der Waals surface area contributed by atoms with Crippen LogP contribution < -0.4 is 0 Å². The average molecular weight is 749 g/mol. The maximum absolute atomic E-state index is 12.7. The molecule has 0 saturated carbocycles. The van der Waals surface area contributed by atoms with Crippen molar-refractivity contribution < 1.29 is 42.9 Å². The molecule has 0 amide bonds. The molecule has 0 aliphatic heterocycles. The van der Waals surface area contributed by atoms with E-state index in [1.165, 1.54) is 51.4 Å². The lowest BCUT2D eigenvalue weighted by molar-refractivity contribution is -0.870. The number of carboxylic acids is 1. The molecule has 0 heterocycles. The van der Waals surface area contributed by atoms with E-state index in [1.54, 1.807) is 0 Å². The number of quaternary nitrogens is 1. The molecule has 0 rings (SSSR count). The highest BCUT2D eigenvalue weighted by Gasteiger charge is 2.25. The number of carbonyl (C=O) groups is 3. The zero-order chi connectivity index (χ0) is 39.3. The van der Waals surface area contributed by atoms with E-state index in [0.717, 1.165) is 70.6 Å². The van der Waals surface area contributed by atoms with Gasteiger partial charge in [0.25, 0.3) is 6.29 Å². The SMILES string of the molecule is CC/C=C\C/C=C\C/C=C\C/C=C\CCCCCCC(=O)OC(COC(=O)CCCCCCCCCCCCC)COC(OCC[N+](C)(C)C)C(=O)O. The Morgan fingerprint density at radius 3 is 1.60 bits per heavy atom. The Hall–Kier alpha value is -2.75. The number of carboxylic acid groups (broad SMARTS) is 1. The van der Waals surface area contributed by atoms with Crippen LogP contribution in [0.15, 0.2) is 48.6 Å². The molecule has 0 aromatic carbocycles. The molecular formula is C44H78NO8+. The Balaban J connectivity index is 4.54. The monoisotopic (exact) mass is 749 g/mol. The standard InChI is InChI=1S/C44H77NO8/c1-6-8-10-12-14-16-18-19-20-21-22-23-25-27-29-31-33-35-42(47)53-40(39-52-44(43(48)49)50-37-36-45(3,4)5)38-51-41(46)34-32-30-28-26-24-17-15-13-11-9-7-2/h8,10,14,16,19-20,22-23,40,44H,6-7,9,11-13,15,17-18,21,24-39H2,1-5H3/p+1/b10-8-,16-14-,20-19-,23-22-. The first-order valence-electron chi connectivity index (χ1n) is 20.8. The van der Waals surface area contributed by atoms with E-state index in [9.17, 15) is 19.5 Å². The summed E-state index contributed by atoms with van der Waals surface area (Å²) in [5.41, 5.74) is 0. The summed E-state index contributed by atoms with van der Waals surface area (Å²) in [7, 11) is 5.93. The fourth-order valence-electron chi connectivity index (χ4n) is 5.35. The summed E-state index contributed by atoms with van der Waals surface area (Å²) >= 11 is 0. The van der Waals surface area contributed by atoms with Gasteiger partial charge in [-0.1, -0.05) is 140 Å². The molecule has 0 aliphatic rings. The second kappa shape index (κ2) is 36.2. The lowest BCUT2D eigenvalue weighted by Gasteiger charge is -2.25. The van der Waals surface area contributed by atoms with Crippen LogP contribution in [0.1, 0.15) is 155 Å². The first kappa shape index (κ1) is 50.2. The average Bonchev–Trinajstić information content (AvgIpc) is 3.11. The quantitative estimate of drug-likeness (QED) is 0.0220. The Morgan fingerprint density at radius 1 is 0.585 bits per heavy atom. The number of ether oxygens (including phenoxy) is 4. The molecular weight excluding hydrogens is 670 g/mol. The Morgan fingerprint density at radius 2 is 1.08 bits per heavy atom. The minimum absolute atomic E-state index is 0.182. The van der Waals surface area contributed by atoms with Crippen molar-refractivity contribution >= 4 is 17.9 Å². The third-order valence-electron chi connectivity index (χ3n) is 8.60. The van der Waals surface area contributed by atoms with Crippen LogP contribution in [0.4, 0.5) is 0 Å². The molecule has 53 heavy (non-hydrogen) atoms. The van der Waals surface area contributed by atoms with Gasteiger partial charge in [0.2, 0.25) is 0 Å². The summed E-state index contributed by atoms with van der Waals surface area (Å²) in [6.07, 6.45) is 37.4. The third-order valence-corrected chi connectivity index (χ3v) is 8.60. The number of hydrogen-bond acceptors (Lipinski definition) is 7. The molecule has 0 aliphatic carbocycles. The van der Waals surface area contributed by atoms with Gasteiger partial charge in [-0.25, -0.2) is 4.79 Å². The van der Waals surface area contributed by atoms with Crippen molar-refractivity contribution in [3.8, 4) is 0 Å². The summed E-state index contributed by atoms with van der Waals surface area (Å²) in [5.74, 6) is -2.05. The first-order chi connectivity index (χ1) is 25.6. The third kappa shape index (κ3) is 37.4. The molecule has 0 aromatic rings. The van der Waals surface area contributed by atoms with E-state index >= 15 is 0 Å². The zero-order valence-corrected chi connectivity index (χ0v) is 34.4. The molecule has 306 valence electrons. The zero-order valence-electron chi connectivity index (χ0n) is 34.4. The van der Waals surface area contributed by atoms with Crippen LogP contribution in [0.2, 0.25) is 0 Å². The highest BCUT2D eigenvalue weighted by atomic mass is 16.7. The number of esters is 2. The second-order valence-electron chi connectivity index (χ2n) is 14.9. The molecule has 0 spiro atoms. The summed E-state index contributed by atoms with van der Waals surface area (Å²) < 4.78 is 22.6. The maximum atomic E-state index is 12.7. The van der Waals surface area contributed by atoms with Crippen molar-refractivity contribution in [3.63, 3.8) is 0 Å². The molecule has 0 radical (unpaired) electrons. The number of nitrogens with zero attached hydrogens (tertiary/aromatic N) is 1.